The second kappa shape index (κ2) is 7.97. The number of hydrogen-bond donors (Lipinski definition) is 3. The van der Waals surface area contributed by atoms with Crippen LogP contribution in [0.3, 0.4) is 0 Å². The van der Waals surface area contributed by atoms with Gasteiger partial charge in [-0.15, -0.1) is 11.3 Å². The molecule has 0 radical (unpaired) electrons. The zero-order valence-corrected chi connectivity index (χ0v) is 12.7. The Bertz CT molecular complexity index is 464. The quantitative estimate of drug-likeness (QED) is 0.748. The second-order valence-electron chi connectivity index (χ2n) is 5.30. The molecule has 1 saturated carbocycles. The SMILES string of the molecule is O=C(NCCc1nccs1)NCC1CCCCC1C(=O)O. The van der Waals surface area contributed by atoms with Crippen molar-refractivity contribution < 1.29 is 14.7 Å². The van der Waals surface area contributed by atoms with Gasteiger partial charge >= 0.3 is 12.0 Å². The van der Waals surface area contributed by atoms with Crippen LogP contribution in [-0.2, 0) is 11.2 Å². The number of carboxylic acid groups (broad SMARTS) is 1. The highest BCUT2D eigenvalue weighted by Crippen LogP contribution is 2.29. The predicted molar refractivity (Wildman–Crippen MR) is 80.3 cm³/mol. The molecule has 2 unspecified atom stereocenters. The molecule has 2 atom stereocenters. The summed E-state index contributed by atoms with van der Waals surface area (Å²) in [4.78, 5) is 27.0. The minimum atomic E-state index is -0.745. The molecule has 1 heterocycles. The number of rotatable bonds is 6. The largest absolute Gasteiger partial charge is 0.481 e. The molecule has 2 rings (SSSR count). The van der Waals surface area contributed by atoms with Crippen LogP contribution in [0.4, 0.5) is 4.79 Å². The third-order valence-electron chi connectivity index (χ3n) is 3.86. The number of aromatic nitrogens is 1. The summed E-state index contributed by atoms with van der Waals surface area (Å²) < 4.78 is 0. The van der Waals surface area contributed by atoms with Crippen LogP contribution < -0.4 is 10.6 Å². The number of carbonyl (C=O) groups excluding carboxylic acids is 1. The van der Waals surface area contributed by atoms with E-state index >= 15 is 0 Å². The summed E-state index contributed by atoms with van der Waals surface area (Å²) in [6.45, 7) is 0.965. The van der Waals surface area contributed by atoms with Gasteiger partial charge in [-0.25, -0.2) is 9.78 Å². The summed E-state index contributed by atoms with van der Waals surface area (Å²) in [5.41, 5.74) is 0. The summed E-state index contributed by atoms with van der Waals surface area (Å²) in [6, 6.07) is -0.235. The van der Waals surface area contributed by atoms with E-state index in [2.05, 4.69) is 15.6 Å². The Balaban J connectivity index is 1.66. The third kappa shape index (κ3) is 5.00. The summed E-state index contributed by atoms with van der Waals surface area (Å²) in [6.07, 6.45) is 6.06. The lowest BCUT2D eigenvalue weighted by Crippen LogP contribution is -2.42. The van der Waals surface area contributed by atoms with Gasteiger partial charge in [-0.3, -0.25) is 4.79 Å². The van der Waals surface area contributed by atoms with E-state index in [-0.39, 0.29) is 17.9 Å². The van der Waals surface area contributed by atoms with Crippen LogP contribution in [0, 0.1) is 11.8 Å². The number of hydrogen-bond acceptors (Lipinski definition) is 4. The average molecular weight is 311 g/mol. The van der Waals surface area contributed by atoms with Gasteiger partial charge in [-0.1, -0.05) is 12.8 Å². The van der Waals surface area contributed by atoms with Gasteiger partial charge in [-0.05, 0) is 18.8 Å². The zero-order valence-electron chi connectivity index (χ0n) is 11.9. The Morgan fingerprint density at radius 3 is 2.86 bits per heavy atom. The van der Waals surface area contributed by atoms with Crippen molar-refractivity contribution in [3.8, 4) is 0 Å². The van der Waals surface area contributed by atoms with Crippen LogP contribution in [-0.4, -0.2) is 35.2 Å². The number of urea groups is 1. The van der Waals surface area contributed by atoms with Gasteiger partial charge in [-0.2, -0.15) is 0 Å². The van der Waals surface area contributed by atoms with Gasteiger partial charge in [0.2, 0.25) is 0 Å². The van der Waals surface area contributed by atoms with Crippen molar-refractivity contribution in [1.29, 1.82) is 0 Å². The van der Waals surface area contributed by atoms with E-state index in [0.29, 0.717) is 25.9 Å². The van der Waals surface area contributed by atoms with Crippen molar-refractivity contribution in [1.82, 2.24) is 15.6 Å². The maximum Gasteiger partial charge on any atom is 0.314 e. The Labute approximate surface area is 128 Å². The normalized spacial score (nSPS) is 21.7. The minimum Gasteiger partial charge on any atom is -0.481 e. The second-order valence-corrected chi connectivity index (χ2v) is 6.28. The van der Waals surface area contributed by atoms with E-state index in [4.69, 9.17) is 0 Å². The first-order valence-corrected chi connectivity index (χ1v) is 8.17. The van der Waals surface area contributed by atoms with Gasteiger partial charge in [0.15, 0.2) is 0 Å². The molecule has 1 aromatic rings. The number of carboxylic acids is 1. The van der Waals surface area contributed by atoms with Crippen molar-refractivity contribution in [3.63, 3.8) is 0 Å². The highest BCUT2D eigenvalue weighted by Gasteiger charge is 2.30. The number of nitrogens with one attached hydrogen (secondary N) is 2. The molecule has 2 amide bonds. The summed E-state index contributed by atoms with van der Waals surface area (Å²) >= 11 is 1.57. The number of nitrogens with zero attached hydrogens (tertiary/aromatic N) is 1. The summed E-state index contributed by atoms with van der Waals surface area (Å²) in [5, 5.41) is 17.6. The highest BCUT2D eigenvalue weighted by atomic mass is 32.1. The smallest absolute Gasteiger partial charge is 0.314 e. The summed E-state index contributed by atoms with van der Waals surface area (Å²) in [5.74, 6) is -1.03. The standard InChI is InChI=1S/C14H21N3O3S/c18-13(19)11-4-2-1-3-10(11)9-17-14(20)16-6-5-12-15-7-8-21-12/h7-8,10-11H,1-6,9H2,(H,18,19)(H2,16,17,20). The number of thiazole rings is 1. The minimum absolute atomic E-state index is 0.0426. The first kappa shape index (κ1) is 15.8. The van der Waals surface area contributed by atoms with Crippen LogP contribution in [0.25, 0.3) is 0 Å². The van der Waals surface area contributed by atoms with Crippen molar-refractivity contribution in [2.75, 3.05) is 13.1 Å². The molecule has 0 spiro atoms. The molecule has 21 heavy (non-hydrogen) atoms. The fourth-order valence-electron chi connectivity index (χ4n) is 2.72. The molecule has 0 aliphatic heterocycles. The van der Waals surface area contributed by atoms with Crippen molar-refractivity contribution in [2.45, 2.75) is 32.1 Å². The zero-order chi connectivity index (χ0) is 15.1. The number of amides is 2. The fourth-order valence-corrected chi connectivity index (χ4v) is 3.34. The van der Waals surface area contributed by atoms with E-state index < -0.39 is 5.97 Å². The Hall–Kier alpha value is -1.63. The van der Waals surface area contributed by atoms with E-state index in [9.17, 15) is 14.7 Å². The summed E-state index contributed by atoms with van der Waals surface area (Å²) in [7, 11) is 0. The van der Waals surface area contributed by atoms with Gasteiger partial charge < -0.3 is 15.7 Å². The van der Waals surface area contributed by atoms with Gasteiger partial charge in [0, 0.05) is 31.1 Å². The monoisotopic (exact) mass is 311 g/mol. The van der Waals surface area contributed by atoms with E-state index in [1.54, 1.807) is 17.5 Å². The van der Waals surface area contributed by atoms with E-state index in [1.807, 2.05) is 5.38 Å². The molecular weight excluding hydrogens is 290 g/mol. The molecule has 6 nitrogen and oxygen atoms in total. The average Bonchev–Trinajstić information content (AvgIpc) is 2.98. The van der Waals surface area contributed by atoms with Crippen LogP contribution in [0.15, 0.2) is 11.6 Å². The van der Waals surface area contributed by atoms with Crippen LogP contribution >= 0.6 is 11.3 Å². The Kier molecular flexibility index (Phi) is 5.98. The van der Waals surface area contributed by atoms with Crippen LogP contribution in [0.2, 0.25) is 0 Å². The molecule has 0 aromatic carbocycles. The topological polar surface area (TPSA) is 91.3 Å². The molecule has 1 aromatic heterocycles. The van der Waals surface area contributed by atoms with Crippen LogP contribution in [0.1, 0.15) is 30.7 Å². The Morgan fingerprint density at radius 2 is 2.14 bits per heavy atom. The molecule has 1 aliphatic carbocycles. The van der Waals surface area contributed by atoms with E-state index in [0.717, 1.165) is 24.3 Å². The van der Waals surface area contributed by atoms with Gasteiger partial charge in [0.05, 0.1) is 10.9 Å². The number of aliphatic carboxylic acids is 1. The molecule has 0 saturated heterocycles. The maximum atomic E-state index is 11.7. The highest BCUT2D eigenvalue weighted by molar-refractivity contribution is 7.09. The lowest BCUT2D eigenvalue weighted by atomic mass is 9.79. The molecule has 3 N–H and O–H groups in total. The molecular formula is C14H21N3O3S. The van der Waals surface area contributed by atoms with Gasteiger partial charge in [0.1, 0.15) is 0 Å². The molecule has 116 valence electrons. The molecule has 7 heteroatoms. The predicted octanol–water partition coefficient (Wildman–Crippen LogP) is 1.88. The van der Waals surface area contributed by atoms with Crippen molar-refractivity contribution in [3.05, 3.63) is 16.6 Å². The van der Waals surface area contributed by atoms with Crippen LogP contribution in [0.5, 0.6) is 0 Å². The van der Waals surface area contributed by atoms with Crippen molar-refractivity contribution >= 4 is 23.3 Å². The lowest BCUT2D eigenvalue weighted by molar-refractivity contribution is -0.144. The first-order valence-electron chi connectivity index (χ1n) is 7.29. The van der Waals surface area contributed by atoms with E-state index in [1.165, 1.54) is 0 Å². The fraction of sp³-hybridized carbons (Fsp3) is 0.643. The first-order chi connectivity index (χ1) is 10.2. The molecule has 1 fully saturated rings. The van der Waals surface area contributed by atoms with Crippen molar-refractivity contribution in [2.24, 2.45) is 11.8 Å². The van der Waals surface area contributed by atoms with Gasteiger partial charge in [0.25, 0.3) is 0 Å². The number of carbonyl (C=O) groups is 2. The maximum absolute atomic E-state index is 11.7. The Morgan fingerprint density at radius 1 is 1.33 bits per heavy atom. The lowest BCUT2D eigenvalue weighted by Gasteiger charge is -2.28. The molecule has 0 bridgehead atoms. The molecule has 1 aliphatic rings. The third-order valence-corrected chi connectivity index (χ3v) is 4.70.